The lowest BCUT2D eigenvalue weighted by Crippen LogP contribution is -2.13. The molecule has 4 aromatic rings. The highest BCUT2D eigenvalue weighted by Crippen LogP contribution is 2.20. The van der Waals surface area contributed by atoms with E-state index < -0.39 is 0 Å². The molecule has 0 unspecified atom stereocenters. The average Bonchev–Trinajstić information content (AvgIpc) is 3.31. The maximum absolute atomic E-state index is 12.8. The molecular formula is C25H20N4O2. The van der Waals surface area contributed by atoms with Gasteiger partial charge in [-0.05, 0) is 35.9 Å². The fourth-order valence-corrected chi connectivity index (χ4v) is 3.08. The first kappa shape index (κ1) is 19.9. The normalized spacial score (nSPS) is 10.3. The minimum absolute atomic E-state index is 0.240. The lowest BCUT2D eigenvalue weighted by molar-refractivity contribution is 0.102. The highest BCUT2D eigenvalue weighted by atomic mass is 16.5. The Morgan fingerprint density at radius 2 is 1.74 bits per heavy atom. The summed E-state index contributed by atoms with van der Waals surface area (Å²) in [5.74, 6) is 0.461. The Labute approximate surface area is 180 Å². The van der Waals surface area contributed by atoms with Crippen LogP contribution in [0, 0.1) is 11.3 Å². The van der Waals surface area contributed by atoms with Crippen molar-refractivity contribution in [1.29, 1.82) is 5.26 Å². The second-order valence-electron chi connectivity index (χ2n) is 6.89. The van der Waals surface area contributed by atoms with E-state index >= 15 is 0 Å². The van der Waals surface area contributed by atoms with Crippen LogP contribution in [0.3, 0.4) is 0 Å². The van der Waals surface area contributed by atoms with Crippen molar-refractivity contribution >= 4 is 11.6 Å². The molecule has 1 heterocycles. The number of rotatable bonds is 7. The standard InChI is InChI=1S/C25H20N4O2/c26-15-14-19-10-12-23(13-11-19)31-18-20-6-4-5-9-24(20)28-25(30)21-16-27-29(17-21)22-7-2-1-3-8-22/h1-13,16-17H,14,18H2,(H,28,30). The van der Waals surface area contributed by atoms with Crippen LogP contribution < -0.4 is 10.1 Å². The summed E-state index contributed by atoms with van der Waals surface area (Å²) in [6, 6.07) is 26.7. The van der Waals surface area contributed by atoms with Crippen molar-refractivity contribution in [3.05, 3.63) is 108 Å². The number of anilines is 1. The lowest BCUT2D eigenvalue weighted by atomic mass is 10.1. The topological polar surface area (TPSA) is 79.9 Å². The molecule has 0 saturated carbocycles. The molecule has 0 aliphatic carbocycles. The molecule has 1 aromatic heterocycles. The van der Waals surface area contributed by atoms with Crippen LogP contribution in [-0.4, -0.2) is 15.7 Å². The van der Waals surface area contributed by atoms with Gasteiger partial charge in [-0.15, -0.1) is 0 Å². The van der Waals surface area contributed by atoms with Crippen molar-refractivity contribution in [2.75, 3.05) is 5.32 Å². The van der Waals surface area contributed by atoms with E-state index in [1.54, 1.807) is 17.1 Å². The Morgan fingerprint density at radius 1 is 1.00 bits per heavy atom. The van der Waals surface area contributed by atoms with Gasteiger partial charge >= 0.3 is 0 Å². The number of nitrogens with zero attached hydrogens (tertiary/aromatic N) is 3. The van der Waals surface area contributed by atoms with Gasteiger partial charge in [0.05, 0.1) is 29.9 Å². The molecule has 0 fully saturated rings. The summed E-state index contributed by atoms with van der Waals surface area (Å²) in [5, 5.41) is 16.0. The third kappa shape index (κ3) is 4.98. The minimum atomic E-state index is -0.240. The molecule has 0 bridgehead atoms. The summed E-state index contributed by atoms with van der Waals surface area (Å²) < 4.78 is 7.53. The van der Waals surface area contributed by atoms with Crippen molar-refractivity contribution < 1.29 is 9.53 Å². The van der Waals surface area contributed by atoms with Gasteiger partial charge in [0.25, 0.3) is 5.91 Å². The van der Waals surface area contributed by atoms with E-state index in [2.05, 4.69) is 16.5 Å². The highest BCUT2D eigenvalue weighted by molar-refractivity contribution is 6.04. The number of ether oxygens (including phenoxy) is 1. The molecule has 4 rings (SSSR count). The van der Waals surface area contributed by atoms with Gasteiger partial charge < -0.3 is 10.1 Å². The smallest absolute Gasteiger partial charge is 0.258 e. The molecule has 1 amide bonds. The number of hydrogen-bond donors (Lipinski definition) is 1. The molecule has 0 saturated heterocycles. The first-order valence-corrected chi connectivity index (χ1v) is 9.81. The van der Waals surface area contributed by atoms with Crippen molar-refractivity contribution in [2.24, 2.45) is 0 Å². The summed E-state index contributed by atoms with van der Waals surface area (Å²) in [5.41, 5.74) is 3.83. The Balaban J connectivity index is 1.43. The monoisotopic (exact) mass is 408 g/mol. The first-order chi connectivity index (χ1) is 15.2. The predicted molar refractivity (Wildman–Crippen MR) is 118 cm³/mol. The van der Waals surface area contributed by atoms with Gasteiger partial charge in [0, 0.05) is 17.4 Å². The van der Waals surface area contributed by atoms with Crippen molar-refractivity contribution in [1.82, 2.24) is 9.78 Å². The van der Waals surface area contributed by atoms with Gasteiger partial charge in [0.1, 0.15) is 12.4 Å². The maximum atomic E-state index is 12.8. The second-order valence-corrected chi connectivity index (χ2v) is 6.89. The Morgan fingerprint density at radius 3 is 2.52 bits per heavy atom. The van der Waals surface area contributed by atoms with Gasteiger partial charge in [0.15, 0.2) is 0 Å². The van der Waals surface area contributed by atoms with Crippen LogP contribution in [0.25, 0.3) is 5.69 Å². The summed E-state index contributed by atoms with van der Waals surface area (Å²) in [6.07, 6.45) is 3.62. The molecule has 6 heteroatoms. The summed E-state index contributed by atoms with van der Waals surface area (Å²) in [7, 11) is 0. The van der Waals surface area contributed by atoms with E-state index in [1.165, 1.54) is 0 Å². The zero-order valence-corrected chi connectivity index (χ0v) is 16.7. The van der Waals surface area contributed by atoms with Crippen LogP contribution in [-0.2, 0) is 13.0 Å². The van der Waals surface area contributed by atoms with E-state index in [4.69, 9.17) is 10.00 Å². The van der Waals surface area contributed by atoms with Crippen molar-refractivity contribution in [2.45, 2.75) is 13.0 Å². The minimum Gasteiger partial charge on any atom is -0.489 e. The summed E-state index contributed by atoms with van der Waals surface area (Å²) in [4.78, 5) is 12.8. The van der Waals surface area contributed by atoms with Crippen LogP contribution in [0.2, 0.25) is 0 Å². The molecular weight excluding hydrogens is 388 g/mol. The number of nitrogens with one attached hydrogen (secondary N) is 1. The third-order valence-electron chi connectivity index (χ3n) is 4.73. The number of carbonyl (C=O) groups excluding carboxylic acids is 1. The van der Waals surface area contributed by atoms with Crippen LogP contribution >= 0.6 is 0 Å². The third-order valence-corrected chi connectivity index (χ3v) is 4.73. The maximum Gasteiger partial charge on any atom is 0.258 e. The van der Waals surface area contributed by atoms with Gasteiger partial charge in [-0.3, -0.25) is 4.79 Å². The second kappa shape index (κ2) is 9.42. The van der Waals surface area contributed by atoms with Crippen molar-refractivity contribution in [3.8, 4) is 17.5 Å². The number of aromatic nitrogens is 2. The predicted octanol–water partition coefficient (Wildman–Crippen LogP) is 4.77. The van der Waals surface area contributed by atoms with Gasteiger partial charge in [0.2, 0.25) is 0 Å². The first-order valence-electron chi connectivity index (χ1n) is 9.81. The zero-order valence-electron chi connectivity index (χ0n) is 16.7. The van der Waals surface area contributed by atoms with E-state index in [0.717, 1.165) is 16.8 Å². The molecule has 1 N–H and O–H groups in total. The van der Waals surface area contributed by atoms with Crippen LogP contribution in [0.1, 0.15) is 21.5 Å². The number of para-hydroxylation sites is 2. The molecule has 152 valence electrons. The van der Waals surface area contributed by atoms with Crippen LogP contribution in [0.15, 0.2) is 91.3 Å². The molecule has 0 aliphatic heterocycles. The van der Waals surface area contributed by atoms with Crippen LogP contribution in [0.5, 0.6) is 5.75 Å². The Bertz CT molecular complexity index is 1210. The molecule has 0 aliphatic rings. The van der Waals surface area contributed by atoms with Gasteiger partial charge in [-0.1, -0.05) is 48.5 Å². The number of hydrogen-bond acceptors (Lipinski definition) is 4. The average molecular weight is 408 g/mol. The molecule has 0 radical (unpaired) electrons. The Hall–Kier alpha value is -4.37. The molecule has 31 heavy (non-hydrogen) atoms. The summed E-state index contributed by atoms with van der Waals surface area (Å²) in [6.45, 7) is 0.303. The molecule has 6 nitrogen and oxygen atoms in total. The van der Waals surface area contributed by atoms with Gasteiger partial charge in [-0.2, -0.15) is 10.4 Å². The number of amides is 1. The fraction of sp³-hybridized carbons (Fsp3) is 0.0800. The zero-order chi connectivity index (χ0) is 21.5. The number of nitriles is 1. The molecule has 0 spiro atoms. The lowest BCUT2D eigenvalue weighted by Gasteiger charge is -2.12. The molecule has 3 aromatic carbocycles. The summed E-state index contributed by atoms with van der Waals surface area (Å²) >= 11 is 0. The Kier molecular flexibility index (Phi) is 6.05. The SMILES string of the molecule is N#CCc1ccc(OCc2ccccc2NC(=O)c2cnn(-c3ccccc3)c2)cc1. The van der Waals surface area contributed by atoms with Crippen LogP contribution in [0.4, 0.5) is 5.69 Å². The van der Waals surface area contributed by atoms with E-state index in [1.807, 2.05) is 78.9 Å². The molecule has 0 atom stereocenters. The highest BCUT2D eigenvalue weighted by Gasteiger charge is 2.12. The number of benzene rings is 3. The van der Waals surface area contributed by atoms with Crippen molar-refractivity contribution in [3.63, 3.8) is 0 Å². The van der Waals surface area contributed by atoms with E-state index in [-0.39, 0.29) is 5.91 Å². The van der Waals surface area contributed by atoms with E-state index in [9.17, 15) is 4.79 Å². The quantitative estimate of drug-likeness (QED) is 0.478. The van der Waals surface area contributed by atoms with Gasteiger partial charge in [-0.25, -0.2) is 4.68 Å². The number of carbonyl (C=O) groups is 1. The van der Waals surface area contributed by atoms with E-state index in [0.29, 0.717) is 30.0 Å². The fourth-order valence-electron chi connectivity index (χ4n) is 3.08. The largest absolute Gasteiger partial charge is 0.489 e.